The van der Waals surface area contributed by atoms with Gasteiger partial charge in [0.05, 0.1) is 6.61 Å². The van der Waals surface area contributed by atoms with E-state index in [9.17, 15) is 4.79 Å². The molecule has 1 heterocycles. The molecule has 0 radical (unpaired) electrons. The van der Waals surface area contributed by atoms with Crippen molar-refractivity contribution in [2.45, 2.75) is 33.9 Å². The third kappa shape index (κ3) is 3.83. The van der Waals surface area contributed by atoms with E-state index in [1.807, 2.05) is 20.8 Å². The van der Waals surface area contributed by atoms with Gasteiger partial charge in [0.15, 0.2) is 11.9 Å². The van der Waals surface area contributed by atoms with Gasteiger partial charge in [-0.2, -0.15) is 0 Å². The minimum absolute atomic E-state index is 0.130. The van der Waals surface area contributed by atoms with Crippen molar-refractivity contribution in [3.05, 3.63) is 12.0 Å². The van der Waals surface area contributed by atoms with Crippen molar-refractivity contribution in [2.24, 2.45) is 0 Å². The van der Waals surface area contributed by atoms with Crippen LogP contribution in [0, 0.1) is 0 Å². The third-order valence-electron chi connectivity index (χ3n) is 1.24. The minimum Gasteiger partial charge on any atom is -0.476 e. The van der Waals surface area contributed by atoms with E-state index in [1.165, 1.54) is 6.26 Å². The monoisotopic (exact) mass is 187 g/mol. The highest BCUT2D eigenvalue weighted by molar-refractivity contribution is 5.87. The summed E-state index contributed by atoms with van der Waals surface area (Å²) in [6, 6.07) is 0. The Morgan fingerprint density at radius 1 is 1.69 bits per heavy atom. The molecule has 0 saturated heterocycles. The van der Waals surface area contributed by atoms with Gasteiger partial charge >= 0.3 is 5.97 Å². The molecule has 4 nitrogen and oxygen atoms in total. The molecule has 1 N–H and O–H groups in total. The molecule has 0 spiro atoms. The van der Waals surface area contributed by atoms with Gasteiger partial charge in [0.25, 0.3) is 0 Å². The predicted molar refractivity (Wildman–Crippen MR) is 49.7 cm³/mol. The first kappa shape index (κ1) is 11.8. The summed E-state index contributed by atoms with van der Waals surface area (Å²) in [5, 5.41) is 2.80. The van der Waals surface area contributed by atoms with Crippen LogP contribution in [0.1, 0.15) is 27.7 Å². The van der Waals surface area contributed by atoms with Crippen LogP contribution in [-0.4, -0.2) is 18.8 Å². The van der Waals surface area contributed by atoms with E-state index in [4.69, 9.17) is 9.47 Å². The molecule has 13 heavy (non-hydrogen) atoms. The van der Waals surface area contributed by atoms with Crippen LogP contribution in [0.3, 0.4) is 0 Å². The van der Waals surface area contributed by atoms with Crippen molar-refractivity contribution >= 4 is 5.97 Å². The maximum atomic E-state index is 11.0. The number of rotatable bonds is 2. The molecule has 0 amide bonds. The summed E-state index contributed by atoms with van der Waals surface area (Å²) in [6.07, 6.45) is 1.25. The van der Waals surface area contributed by atoms with Crippen LogP contribution in [0.5, 0.6) is 0 Å². The minimum atomic E-state index is -0.364. The fourth-order valence-electron chi connectivity index (χ4n) is 0.773. The highest BCUT2D eigenvalue weighted by Crippen LogP contribution is 2.05. The van der Waals surface area contributed by atoms with E-state index in [0.29, 0.717) is 12.3 Å². The standard InChI is InChI=1S/C7H11NO3.C2H6/c1-3-10-7(9)6-4-11-5(2)8-6;1-2/h4-5,8H,3H2,1-2H3;1-2H3. The van der Waals surface area contributed by atoms with E-state index in [0.717, 1.165) is 0 Å². The Bertz CT molecular complexity index is 189. The number of carbonyl (C=O) groups excluding carboxylic acids is 1. The third-order valence-corrected chi connectivity index (χ3v) is 1.24. The molecule has 4 heteroatoms. The van der Waals surface area contributed by atoms with Gasteiger partial charge in [0, 0.05) is 0 Å². The van der Waals surface area contributed by atoms with Gasteiger partial charge in [-0.25, -0.2) is 4.79 Å². The van der Waals surface area contributed by atoms with Crippen LogP contribution < -0.4 is 5.32 Å². The SMILES string of the molecule is CC.CCOC(=O)C1=COC(C)N1. The van der Waals surface area contributed by atoms with E-state index in [1.54, 1.807) is 6.92 Å². The van der Waals surface area contributed by atoms with Gasteiger partial charge in [-0.05, 0) is 13.8 Å². The average molecular weight is 187 g/mol. The summed E-state index contributed by atoms with van der Waals surface area (Å²) >= 11 is 0. The lowest BCUT2D eigenvalue weighted by molar-refractivity contribution is -0.138. The zero-order valence-electron chi connectivity index (χ0n) is 8.59. The lowest BCUT2D eigenvalue weighted by Crippen LogP contribution is -2.25. The molecule has 1 unspecified atom stereocenters. The molecule has 1 aliphatic heterocycles. The first-order chi connectivity index (χ1) is 6.24. The quantitative estimate of drug-likeness (QED) is 0.663. The van der Waals surface area contributed by atoms with Crippen LogP contribution in [0.15, 0.2) is 12.0 Å². The van der Waals surface area contributed by atoms with Crippen LogP contribution in [0.4, 0.5) is 0 Å². The molecule has 0 fully saturated rings. The largest absolute Gasteiger partial charge is 0.476 e. The molecule has 0 bridgehead atoms. The van der Waals surface area contributed by atoms with Crippen molar-refractivity contribution in [3.63, 3.8) is 0 Å². The van der Waals surface area contributed by atoms with Gasteiger partial charge in [0.2, 0.25) is 0 Å². The fourth-order valence-corrected chi connectivity index (χ4v) is 0.773. The second-order valence-corrected chi connectivity index (χ2v) is 2.17. The van der Waals surface area contributed by atoms with Gasteiger partial charge < -0.3 is 14.8 Å². The Hall–Kier alpha value is -1.19. The maximum absolute atomic E-state index is 11.0. The predicted octanol–water partition coefficient (Wildman–Crippen LogP) is 1.38. The average Bonchev–Trinajstić information content (AvgIpc) is 2.56. The number of ether oxygens (including phenoxy) is 2. The Balaban J connectivity index is 0.000000671. The molecule has 0 aromatic carbocycles. The maximum Gasteiger partial charge on any atom is 0.357 e. The molecule has 76 valence electrons. The van der Waals surface area contributed by atoms with Gasteiger partial charge in [-0.15, -0.1) is 0 Å². The van der Waals surface area contributed by atoms with Crippen LogP contribution in [-0.2, 0) is 14.3 Å². The first-order valence-corrected chi connectivity index (χ1v) is 4.53. The molecule has 1 atom stereocenters. The van der Waals surface area contributed by atoms with E-state index >= 15 is 0 Å². The lowest BCUT2D eigenvalue weighted by atomic mass is 10.5. The van der Waals surface area contributed by atoms with Crippen LogP contribution in [0.2, 0.25) is 0 Å². The molecular weight excluding hydrogens is 170 g/mol. The van der Waals surface area contributed by atoms with Gasteiger partial charge in [0.1, 0.15) is 6.26 Å². The zero-order valence-corrected chi connectivity index (χ0v) is 8.59. The summed E-state index contributed by atoms with van der Waals surface area (Å²) < 4.78 is 9.68. The fraction of sp³-hybridized carbons (Fsp3) is 0.667. The van der Waals surface area contributed by atoms with Gasteiger partial charge in [-0.1, -0.05) is 13.8 Å². The molecular formula is C9H17NO3. The summed E-state index contributed by atoms with van der Waals surface area (Å²) in [5.74, 6) is -0.364. The van der Waals surface area contributed by atoms with E-state index in [-0.39, 0.29) is 12.2 Å². The van der Waals surface area contributed by atoms with E-state index in [2.05, 4.69) is 5.32 Å². The summed E-state index contributed by atoms with van der Waals surface area (Å²) in [6.45, 7) is 7.95. The number of carbonyl (C=O) groups is 1. The van der Waals surface area contributed by atoms with Crippen molar-refractivity contribution < 1.29 is 14.3 Å². The zero-order chi connectivity index (χ0) is 10.3. The highest BCUT2D eigenvalue weighted by atomic mass is 16.5. The molecule has 0 aromatic rings. The van der Waals surface area contributed by atoms with Gasteiger partial charge in [-0.3, -0.25) is 0 Å². The lowest BCUT2D eigenvalue weighted by Gasteiger charge is -2.04. The number of hydrogen-bond donors (Lipinski definition) is 1. The van der Waals surface area contributed by atoms with Crippen molar-refractivity contribution in [1.82, 2.24) is 5.32 Å². The first-order valence-electron chi connectivity index (χ1n) is 4.53. The Morgan fingerprint density at radius 3 is 2.69 bits per heavy atom. The van der Waals surface area contributed by atoms with Crippen LogP contribution >= 0.6 is 0 Å². The summed E-state index contributed by atoms with van der Waals surface area (Å²) in [7, 11) is 0. The summed E-state index contributed by atoms with van der Waals surface area (Å²) in [5.41, 5.74) is 0.388. The number of hydrogen-bond acceptors (Lipinski definition) is 4. The second-order valence-electron chi connectivity index (χ2n) is 2.17. The molecule has 0 aromatic heterocycles. The summed E-state index contributed by atoms with van der Waals surface area (Å²) in [4.78, 5) is 11.0. The molecule has 1 aliphatic rings. The Kier molecular flexibility index (Phi) is 5.76. The van der Waals surface area contributed by atoms with Crippen molar-refractivity contribution in [1.29, 1.82) is 0 Å². The van der Waals surface area contributed by atoms with Crippen LogP contribution in [0.25, 0.3) is 0 Å². The number of esters is 1. The van der Waals surface area contributed by atoms with Crippen molar-refractivity contribution in [2.75, 3.05) is 6.61 Å². The molecule has 0 aliphatic carbocycles. The smallest absolute Gasteiger partial charge is 0.357 e. The Morgan fingerprint density at radius 2 is 2.31 bits per heavy atom. The topological polar surface area (TPSA) is 47.6 Å². The molecule has 0 saturated carbocycles. The highest BCUT2D eigenvalue weighted by Gasteiger charge is 2.19. The Labute approximate surface area is 78.9 Å². The molecule has 1 rings (SSSR count). The van der Waals surface area contributed by atoms with Crippen molar-refractivity contribution in [3.8, 4) is 0 Å². The normalized spacial score (nSPS) is 18.8. The number of nitrogens with one attached hydrogen (secondary N) is 1. The van der Waals surface area contributed by atoms with E-state index < -0.39 is 0 Å². The second kappa shape index (κ2) is 6.34.